The average Bonchev–Trinajstić information content (AvgIpc) is 2.44. The number of halogens is 2. The largest absolute Gasteiger partial charge is 0.434 e. The Bertz CT molecular complexity index is 490. The molecule has 0 fully saturated rings. The predicted molar refractivity (Wildman–Crippen MR) is 85.5 cm³/mol. The summed E-state index contributed by atoms with van der Waals surface area (Å²) in [5.41, 5.74) is 1.66. The van der Waals surface area contributed by atoms with E-state index < -0.39 is 6.61 Å². The number of aliphatic imine (C=N–C) groups is 1. The Kier molecular flexibility index (Phi) is 7.63. The zero-order chi connectivity index (χ0) is 16.5. The number of ether oxygens (including phenoxy) is 1. The van der Waals surface area contributed by atoms with Gasteiger partial charge in [-0.25, -0.2) is 0 Å². The second-order valence-electron chi connectivity index (χ2n) is 5.52. The molecule has 0 atom stereocenters. The molecular formula is C16H25F2N3O. The number of benzene rings is 1. The number of aryl methyl sites for hydroxylation is 1. The van der Waals surface area contributed by atoms with Gasteiger partial charge in [-0.3, -0.25) is 4.99 Å². The lowest BCUT2D eigenvalue weighted by atomic mass is 10.1. The lowest BCUT2D eigenvalue weighted by molar-refractivity contribution is -0.0504. The molecule has 1 aromatic carbocycles. The van der Waals surface area contributed by atoms with Gasteiger partial charge in [0.1, 0.15) is 5.75 Å². The van der Waals surface area contributed by atoms with Gasteiger partial charge in [0, 0.05) is 25.7 Å². The van der Waals surface area contributed by atoms with Crippen molar-refractivity contribution in [2.75, 3.05) is 13.6 Å². The van der Waals surface area contributed by atoms with E-state index >= 15 is 0 Å². The summed E-state index contributed by atoms with van der Waals surface area (Å²) in [6, 6.07) is 5.14. The highest BCUT2D eigenvalue weighted by Crippen LogP contribution is 2.21. The molecule has 22 heavy (non-hydrogen) atoms. The van der Waals surface area contributed by atoms with Crippen molar-refractivity contribution in [3.63, 3.8) is 0 Å². The zero-order valence-corrected chi connectivity index (χ0v) is 13.6. The van der Waals surface area contributed by atoms with Crippen LogP contribution >= 0.6 is 0 Å². The van der Waals surface area contributed by atoms with Crippen molar-refractivity contribution < 1.29 is 13.5 Å². The fourth-order valence-corrected chi connectivity index (χ4v) is 1.94. The first-order valence-electron chi connectivity index (χ1n) is 7.41. The van der Waals surface area contributed by atoms with Crippen LogP contribution in [-0.4, -0.2) is 26.2 Å². The number of guanidine groups is 1. The fraction of sp³-hybridized carbons (Fsp3) is 0.562. The molecule has 0 amide bonds. The first-order valence-corrected chi connectivity index (χ1v) is 7.41. The molecule has 0 aliphatic carbocycles. The van der Waals surface area contributed by atoms with Crippen molar-refractivity contribution in [2.45, 2.75) is 40.3 Å². The molecule has 1 rings (SSSR count). The quantitative estimate of drug-likeness (QED) is 0.600. The normalized spacial score (nSPS) is 11.9. The number of nitrogens with zero attached hydrogens (tertiary/aromatic N) is 1. The molecule has 1 aromatic rings. The van der Waals surface area contributed by atoms with E-state index in [0.29, 0.717) is 24.0 Å². The maximum Gasteiger partial charge on any atom is 0.387 e. The molecule has 4 nitrogen and oxygen atoms in total. The molecule has 0 aliphatic heterocycles. The Hall–Kier alpha value is -1.85. The number of rotatable bonds is 7. The molecule has 0 saturated carbocycles. The molecule has 0 aliphatic rings. The van der Waals surface area contributed by atoms with E-state index in [2.05, 4.69) is 34.2 Å². The third kappa shape index (κ3) is 6.74. The summed E-state index contributed by atoms with van der Waals surface area (Å²) in [5.74, 6) is 1.43. The van der Waals surface area contributed by atoms with Gasteiger partial charge < -0.3 is 15.4 Å². The van der Waals surface area contributed by atoms with Crippen LogP contribution in [0.25, 0.3) is 0 Å². The topological polar surface area (TPSA) is 45.7 Å². The highest BCUT2D eigenvalue weighted by atomic mass is 19.3. The molecule has 0 radical (unpaired) electrons. The lowest BCUT2D eigenvalue weighted by Gasteiger charge is -2.15. The van der Waals surface area contributed by atoms with Crippen LogP contribution < -0.4 is 15.4 Å². The number of hydrogen-bond donors (Lipinski definition) is 2. The zero-order valence-electron chi connectivity index (χ0n) is 13.6. The van der Waals surface area contributed by atoms with Crippen molar-refractivity contribution in [1.82, 2.24) is 10.6 Å². The SMILES string of the molecule is CN=C(NCCC(C)C)NCc1cc(C)ccc1OC(F)F. The molecule has 0 saturated heterocycles. The minimum atomic E-state index is -2.83. The van der Waals surface area contributed by atoms with Crippen LogP contribution in [0.5, 0.6) is 5.75 Å². The van der Waals surface area contributed by atoms with Crippen molar-refractivity contribution >= 4 is 5.96 Å². The smallest absolute Gasteiger partial charge is 0.387 e. The molecular weight excluding hydrogens is 288 g/mol. The minimum Gasteiger partial charge on any atom is -0.434 e. The van der Waals surface area contributed by atoms with Crippen LogP contribution in [0.3, 0.4) is 0 Å². The van der Waals surface area contributed by atoms with Gasteiger partial charge in [-0.1, -0.05) is 31.5 Å². The van der Waals surface area contributed by atoms with Gasteiger partial charge in [-0.05, 0) is 25.3 Å². The second-order valence-corrected chi connectivity index (χ2v) is 5.52. The molecule has 0 spiro atoms. The molecule has 0 aromatic heterocycles. The third-order valence-corrected chi connectivity index (χ3v) is 3.12. The summed E-state index contributed by atoms with van der Waals surface area (Å²) in [5, 5.41) is 6.31. The van der Waals surface area contributed by atoms with Gasteiger partial charge in [0.05, 0.1) is 0 Å². The summed E-state index contributed by atoms with van der Waals surface area (Å²) in [7, 11) is 1.68. The fourth-order valence-electron chi connectivity index (χ4n) is 1.94. The van der Waals surface area contributed by atoms with Gasteiger partial charge in [-0.2, -0.15) is 8.78 Å². The van der Waals surface area contributed by atoms with Crippen LogP contribution in [0.2, 0.25) is 0 Å². The van der Waals surface area contributed by atoms with Crippen LogP contribution in [-0.2, 0) is 6.54 Å². The predicted octanol–water partition coefficient (Wildman–Crippen LogP) is 3.31. The Morgan fingerprint density at radius 1 is 1.27 bits per heavy atom. The number of alkyl halides is 2. The van der Waals surface area contributed by atoms with Crippen molar-refractivity contribution in [3.05, 3.63) is 29.3 Å². The van der Waals surface area contributed by atoms with Gasteiger partial charge >= 0.3 is 6.61 Å². The Labute approximate surface area is 131 Å². The Balaban J connectivity index is 2.63. The van der Waals surface area contributed by atoms with Gasteiger partial charge in [-0.15, -0.1) is 0 Å². The van der Waals surface area contributed by atoms with Crippen LogP contribution in [0.15, 0.2) is 23.2 Å². The van der Waals surface area contributed by atoms with Crippen LogP contribution in [0.1, 0.15) is 31.4 Å². The Morgan fingerprint density at radius 2 is 2.00 bits per heavy atom. The van der Waals surface area contributed by atoms with Gasteiger partial charge in [0.25, 0.3) is 0 Å². The lowest BCUT2D eigenvalue weighted by Crippen LogP contribution is -2.37. The standard InChI is InChI=1S/C16H25F2N3O/c1-11(2)7-8-20-16(19-4)21-10-13-9-12(3)5-6-14(13)22-15(17)18/h5-6,9,11,15H,7-8,10H2,1-4H3,(H2,19,20,21). The summed E-state index contributed by atoms with van der Waals surface area (Å²) in [6.07, 6.45) is 1.03. The minimum absolute atomic E-state index is 0.186. The first-order chi connectivity index (χ1) is 10.4. The van der Waals surface area contributed by atoms with E-state index in [-0.39, 0.29) is 5.75 Å². The molecule has 0 heterocycles. The average molecular weight is 313 g/mol. The van der Waals surface area contributed by atoms with E-state index in [0.717, 1.165) is 18.5 Å². The van der Waals surface area contributed by atoms with Crippen LogP contribution in [0, 0.1) is 12.8 Å². The van der Waals surface area contributed by atoms with Crippen LogP contribution in [0.4, 0.5) is 8.78 Å². The highest BCUT2D eigenvalue weighted by molar-refractivity contribution is 5.79. The summed E-state index contributed by atoms with van der Waals surface area (Å²) in [4.78, 5) is 4.12. The number of nitrogens with one attached hydrogen (secondary N) is 2. The van der Waals surface area contributed by atoms with E-state index in [9.17, 15) is 8.78 Å². The highest BCUT2D eigenvalue weighted by Gasteiger charge is 2.10. The van der Waals surface area contributed by atoms with Crippen molar-refractivity contribution in [1.29, 1.82) is 0 Å². The third-order valence-electron chi connectivity index (χ3n) is 3.12. The van der Waals surface area contributed by atoms with E-state index in [4.69, 9.17) is 0 Å². The number of hydrogen-bond acceptors (Lipinski definition) is 2. The molecule has 2 N–H and O–H groups in total. The Morgan fingerprint density at radius 3 is 2.59 bits per heavy atom. The first kappa shape index (κ1) is 18.2. The monoisotopic (exact) mass is 313 g/mol. The molecule has 0 bridgehead atoms. The maximum atomic E-state index is 12.4. The van der Waals surface area contributed by atoms with Crippen molar-refractivity contribution in [3.8, 4) is 5.75 Å². The molecule has 124 valence electrons. The maximum absolute atomic E-state index is 12.4. The summed E-state index contributed by atoms with van der Waals surface area (Å²) in [6.45, 7) is 4.56. The summed E-state index contributed by atoms with van der Waals surface area (Å²) < 4.78 is 29.4. The second kappa shape index (κ2) is 9.23. The molecule has 0 unspecified atom stereocenters. The van der Waals surface area contributed by atoms with Crippen molar-refractivity contribution in [2.24, 2.45) is 10.9 Å². The van der Waals surface area contributed by atoms with E-state index in [1.165, 1.54) is 0 Å². The van der Waals surface area contributed by atoms with Gasteiger partial charge in [0.15, 0.2) is 5.96 Å². The van der Waals surface area contributed by atoms with Gasteiger partial charge in [0.2, 0.25) is 0 Å². The van der Waals surface area contributed by atoms with E-state index in [1.54, 1.807) is 19.2 Å². The van der Waals surface area contributed by atoms with E-state index in [1.807, 2.05) is 13.0 Å². The molecule has 6 heteroatoms. The summed E-state index contributed by atoms with van der Waals surface area (Å²) >= 11 is 0.